The van der Waals surface area contributed by atoms with Gasteiger partial charge in [-0.2, -0.15) is 11.1 Å². The molecule has 2 rings (SSSR count). The lowest BCUT2D eigenvalue weighted by Gasteiger charge is -2.20. The second-order valence-corrected chi connectivity index (χ2v) is 9.45. The normalized spacial score (nSPS) is 11.5. The van der Waals surface area contributed by atoms with Crippen molar-refractivity contribution in [3.63, 3.8) is 0 Å². The first kappa shape index (κ1) is 12.3. The zero-order chi connectivity index (χ0) is 12.5. The lowest BCUT2D eigenvalue weighted by molar-refractivity contribution is 0.628. The molecule has 0 aromatic heterocycles. The highest BCUT2D eigenvalue weighted by Gasteiger charge is 2.29. The first-order valence-electron chi connectivity index (χ1n) is 5.21. The van der Waals surface area contributed by atoms with E-state index in [1.807, 2.05) is 6.55 Å². The number of rotatable bonds is 2. The Bertz CT molecular complexity index is 458. The smallest absolute Gasteiger partial charge is 0.207 e. The summed E-state index contributed by atoms with van der Waals surface area (Å²) in [6.45, 7) is 1.94. The van der Waals surface area contributed by atoms with E-state index in [0.29, 0.717) is 0 Å². The van der Waals surface area contributed by atoms with Crippen LogP contribution in [0.4, 0.5) is 8.78 Å². The van der Waals surface area contributed by atoms with E-state index in [1.54, 1.807) is 24.3 Å². The molecule has 0 heterocycles. The zero-order valence-corrected chi connectivity index (χ0v) is 11.0. The maximum atomic E-state index is 12.9. The minimum absolute atomic E-state index is 0.283. The molecule has 88 valence electrons. The van der Waals surface area contributed by atoms with E-state index in [0.717, 1.165) is 10.4 Å². The van der Waals surface area contributed by atoms with E-state index in [4.69, 9.17) is 11.1 Å². The number of hydrogen-bond donors (Lipinski definition) is 0. The summed E-state index contributed by atoms with van der Waals surface area (Å²) >= 11 is 6.59. The number of halogens is 3. The van der Waals surface area contributed by atoms with Crippen LogP contribution in [0.5, 0.6) is 0 Å². The van der Waals surface area contributed by atoms with Crippen LogP contribution in [-0.4, -0.2) is 7.38 Å². The summed E-state index contributed by atoms with van der Waals surface area (Å²) in [6, 6.07) is 12.4. The van der Waals surface area contributed by atoms with Crippen LogP contribution in [0.3, 0.4) is 0 Å². The average molecular weight is 269 g/mol. The summed E-state index contributed by atoms with van der Waals surface area (Å²) in [4.78, 5) is 0. The zero-order valence-electron chi connectivity index (χ0n) is 9.25. The van der Waals surface area contributed by atoms with E-state index in [1.165, 1.54) is 24.3 Å². The minimum Gasteiger partial charge on any atom is -0.207 e. The Kier molecular flexibility index (Phi) is 3.31. The molecule has 0 fully saturated rings. The molecular formula is C13H11ClF2Si. The molecule has 0 aliphatic heterocycles. The van der Waals surface area contributed by atoms with E-state index in [-0.39, 0.29) is 11.6 Å². The molecule has 0 unspecified atom stereocenters. The summed E-state index contributed by atoms with van der Waals surface area (Å²) in [5, 5.41) is 1.82. The topological polar surface area (TPSA) is 0 Å². The van der Waals surface area contributed by atoms with Gasteiger partial charge in [-0.15, -0.1) is 0 Å². The summed E-state index contributed by atoms with van der Waals surface area (Å²) < 4.78 is 25.7. The molecule has 2 aromatic carbocycles. The standard InChI is InChI=1S/C13H11ClF2Si/c1-17(14,12-6-2-10(15)3-7-12)13-8-4-11(16)5-9-13/h2-9H,1H3. The second kappa shape index (κ2) is 4.59. The monoisotopic (exact) mass is 268 g/mol. The Labute approximate surface area is 105 Å². The molecule has 0 atom stereocenters. The summed E-state index contributed by atoms with van der Waals surface area (Å²) in [6.07, 6.45) is 0. The van der Waals surface area contributed by atoms with Crippen molar-refractivity contribution in [3.8, 4) is 0 Å². The number of benzene rings is 2. The van der Waals surface area contributed by atoms with Crippen LogP contribution in [0.25, 0.3) is 0 Å². The quantitative estimate of drug-likeness (QED) is 0.580. The predicted octanol–water partition coefficient (Wildman–Crippen LogP) is 2.89. The van der Waals surface area contributed by atoms with Crippen LogP contribution in [0.2, 0.25) is 6.55 Å². The van der Waals surface area contributed by atoms with Crippen molar-refractivity contribution in [2.75, 3.05) is 0 Å². The van der Waals surface area contributed by atoms with Gasteiger partial charge in [0.25, 0.3) is 0 Å². The third-order valence-corrected chi connectivity index (χ3v) is 6.92. The molecule has 0 amide bonds. The van der Waals surface area contributed by atoms with Crippen molar-refractivity contribution in [3.05, 3.63) is 60.2 Å². The first-order chi connectivity index (χ1) is 8.00. The summed E-state index contributed by atoms with van der Waals surface area (Å²) in [7, 11) is -2.36. The van der Waals surface area contributed by atoms with E-state index >= 15 is 0 Å². The van der Waals surface area contributed by atoms with Crippen LogP contribution < -0.4 is 10.4 Å². The molecule has 2 aromatic rings. The Morgan fingerprint density at radius 2 is 1.06 bits per heavy atom. The van der Waals surface area contributed by atoms with Crippen LogP contribution in [0.1, 0.15) is 0 Å². The fourth-order valence-corrected chi connectivity index (χ4v) is 4.37. The van der Waals surface area contributed by atoms with Crippen LogP contribution in [0, 0.1) is 11.6 Å². The molecule has 0 aliphatic rings. The highest BCUT2D eigenvalue weighted by atomic mass is 35.6. The largest absolute Gasteiger partial charge is 0.214 e. The van der Waals surface area contributed by atoms with Gasteiger partial charge < -0.3 is 0 Å². The molecular weight excluding hydrogens is 258 g/mol. The van der Waals surface area contributed by atoms with Gasteiger partial charge in [-0.25, -0.2) is 8.78 Å². The molecule has 0 spiro atoms. The summed E-state index contributed by atoms with van der Waals surface area (Å²) in [5.74, 6) is -0.566. The van der Waals surface area contributed by atoms with Crippen LogP contribution >= 0.6 is 11.1 Å². The lowest BCUT2D eigenvalue weighted by atomic mass is 10.3. The van der Waals surface area contributed by atoms with E-state index < -0.39 is 7.38 Å². The van der Waals surface area contributed by atoms with Gasteiger partial charge in [-0.3, -0.25) is 0 Å². The van der Waals surface area contributed by atoms with Gasteiger partial charge in [-0.1, -0.05) is 24.3 Å². The van der Waals surface area contributed by atoms with Gasteiger partial charge in [0.15, 0.2) is 0 Å². The molecule has 0 bridgehead atoms. The molecule has 0 N–H and O–H groups in total. The number of hydrogen-bond acceptors (Lipinski definition) is 0. The van der Waals surface area contributed by atoms with Gasteiger partial charge in [0.05, 0.1) is 0 Å². The van der Waals surface area contributed by atoms with Gasteiger partial charge in [0.1, 0.15) is 11.6 Å². The Balaban J connectivity index is 2.41. The fraction of sp³-hybridized carbons (Fsp3) is 0.0769. The third kappa shape index (κ3) is 2.56. The third-order valence-electron chi connectivity index (χ3n) is 2.77. The lowest BCUT2D eigenvalue weighted by Crippen LogP contribution is -2.50. The maximum Gasteiger partial charge on any atom is 0.214 e. The molecule has 0 saturated carbocycles. The van der Waals surface area contributed by atoms with Crippen LogP contribution in [-0.2, 0) is 0 Å². The first-order valence-corrected chi connectivity index (χ1v) is 8.72. The molecule has 0 saturated heterocycles. The second-order valence-electron chi connectivity index (χ2n) is 4.02. The average Bonchev–Trinajstić information content (AvgIpc) is 2.30. The molecule has 0 aliphatic carbocycles. The van der Waals surface area contributed by atoms with Crippen molar-refractivity contribution in [2.24, 2.45) is 0 Å². The molecule has 0 nitrogen and oxygen atoms in total. The Morgan fingerprint density at radius 3 is 1.35 bits per heavy atom. The SMILES string of the molecule is C[Si](Cl)(c1ccc(F)cc1)c1ccc(F)cc1. The van der Waals surface area contributed by atoms with Crippen molar-refractivity contribution in [2.45, 2.75) is 6.55 Å². The molecule has 17 heavy (non-hydrogen) atoms. The van der Waals surface area contributed by atoms with Gasteiger partial charge in [-0.05, 0) is 41.2 Å². The van der Waals surface area contributed by atoms with Gasteiger partial charge >= 0.3 is 0 Å². The molecule has 4 heteroatoms. The fourth-order valence-electron chi connectivity index (χ4n) is 1.69. The van der Waals surface area contributed by atoms with E-state index in [9.17, 15) is 8.78 Å². The van der Waals surface area contributed by atoms with Gasteiger partial charge in [0, 0.05) is 0 Å². The highest BCUT2D eigenvalue weighted by Crippen LogP contribution is 2.11. The summed E-state index contributed by atoms with van der Waals surface area (Å²) in [5.41, 5.74) is 0. The van der Waals surface area contributed by atoms with Crippen molar-refractivity contribution in [1.29, 1.82) is 0 Å². The molecule has 0 radical (unpaired) electrons. The van der Waals surface area contributed by atoms with Crippen molar-refractivity contribution >= 4 is 28.8 Å². The minimum atomic E-state index is -2.36. The van der Waals surface area contributed by atoms with E-state index in [2.05, 4.69) is 0 Å². The van der Waals surface area contributed by atoms with Crippen molar-refractivity contribution < 1.29 is 8.78 Å². The Morgan fingerprint density at radius 1 is 0.765 bits per heavy atom. The van der Waals surface area contributed by atoms with Gasteiger partial charge in [0.2, 0.25) is 7.38 Å². The van der Waals surface area contributed by atoms with Crippen molar-refractivity contribution in [1.82, 2.24) is 0 Å². The Hall–Kier alpha value is -1.19. The maximum absolute atomic E-state index is 12.9. The van der Waals surface area contributed by atoms with Crippen LogP contribution in [0.15, 0.2) is 48.5 Å². The predicted molar refractivity (Wildman–Crippen MR) is 69.5 cm³/mol. The highest BCUT2D eigenvalue weighted by molar-refractivity contribution is 7.33.